The van der Waals surface area contributed by atoms with Gasteiger partial charge in [-0.1, -0.05) is 61.5 Å². The summed E-state index contributed by atoms with van der Waals surface area (Å²) in [5.74, 6) is 0.0556. The summed E-state index contributed by atoms with van der Waals surface area (Å²) in [6.45, 7) is 3.61. The zero-order valence-corrected chi connectivity index (χ0v) is 20.6. The standard InChI is InChI=1S/C26H27NO4.Na/c1-19(26(28)29)15-20-11-13-22(14-12-20)30-18-23-17-27(16-21-7-3-2-4-8-21)24-9-5-6-10-25(24)31-23;/h2-14,19,23H,15-18H2,1H3,(H,28,29);/q;+1/p-1. The molecule has 160 valence electrons. The largest absolute Gasteiger partial charge is 1.00 e. The van der Waals surface area contributed by atoms with E-state index in [1.54, 1.807) is 6.92 Å². The van der Waals surface area contributed by atoms with Gasteiger partial charge in [0.1, 0.15) is 18.1 Å². The number of carboxylic acids is 1. The van der Waals surface area contributed by atoms with Gasteiger partial charge in [0.05, 0.1) is 12.2 Å². The number of anilines is 1. The van der Waals surface area contributed by atoms with E-state index in [9.17, 15) is 9.90 Å². The van der Waals surface area contributed by atoms with Gasteiger partial charge in [-0.15, -0.1) is 0 Å². The molecule has 2 atom stereocenters. The Balaban J connectivity index is 0.00000289. The summed E-state index contributed by atoms with van der Waals surface area (Å²) in [5, 5.41) is 10.9. The molecule has 0 aromatic heterocycles. The first kappa shape index (κ1) is 24.2. The smallest absolute Gasteiger partial charge is 0.550 e. The zero-order valence-electron chi connectivity index (χ0n) is 18.6. The molecule has 3 aromatic rings. The number of hydrogen-bond donors (Lipinski definition) is 0. The molecule has 3 aromatic carbocycles. The minimum Gasteiger partial charge on any atom is -0.550 e. The average molecular weight is 439 g/mol. The van der Waals surface area contributed by atoms with Crippen LogP contribution in [0.4, 0.5) is 5.69 Å². The summed E-state index contributed by atoms with van der Waals surface area (Å²) >= 11 is 0. The molecule has 0 amide bonds. The molecular formula is C26H26NNaO4. The van der Waals surface area contributed by atoms with Crippen LogP contribution in [0.5, 0.6) is 11.5 Å². The summed E-state index contributed by atoms with van der Waals surface area (Å²) in [6.07, 6.45) is 0.343. The number of nitrogens with zero attached hydrogens (tertiary/aromatic N) is 1. The maximum absolute atomic E-state index is 10.9. The quantitative estimate of drug-likeness (QED) is 0.478. The van der Waals surface area contributed by atoms with Crippen molar-refractivity contribution in [3.05, 3.63) is 90.0 Å². The van der Waals surface area contributed by atoms with Gasteiger partial charge >= 0.3 is 29.6 Å². The average Bonchev–Trinajstić information content (AvgIpc) is 2.79. The normalized spacial score (nSPS) is 15.7. The van der Waals surface area contributed by atoms with E-state index in [1.165, 1.54) is 5.56 Å². The van der Waals surface area contributed by atoms with Gasteiger partial charge in [-0.3, -0.25) is 0 Å². The maximum Gasteiger partial charge on any atom is 1.00 e. The van der Waals surface area contributed by atoms with Crippen LogP contribution in [0.25, 0.3) is 0 Å². The summed E-state index contributed by atoms with van der Waals surface area (Å²) in [4.78, 5) is 13.2. The number of aliphatic carboxylic acids is 1. The fourth-order valence-electron chi connectivity index (χ4n) is 3.77. The third-order valence-electron chi connectivity index (χ3n) is 5.44. The van der Waals surface area contributed by atoms with Crippen LogP contribution in [0, 0.1) is 5.92 Å². The molecule has 0 bridgehead atoms. The minimum atomic E-state index is -1.03. The number of rotatable bonds is 8. The number of hydrogen-bond acceptors (Lipinski definition) is 5. The number of para-hydroxylation sites is 2. The molecule has 6 heteroatoms. The van der Waals surface area contributed by atoms with Crippen LogP contribution in [0.15, 0.2) is 78.9 Å². The second-order valence-corrected chi connectivity index (χ2v) is 7.95. The monoisotopic (exact) mass is 439 g/mol. The molecule has 4 rings (SSSR count). The third kappa shape index (κ3) is 6.28. The first-order chi connectivity index (χ1) is 15.1. The number of carboxylic acid groups (broad SMARTS) is 1. The molecule has 0 spiro atoms. The molecule has 0 fully saturated rings. The second kappa shape index (κ2) is 11.4. The molecule has 2 unspecified atom stereocenters. The van der Waals surface area contributed by atoms with Gasteiger partial charge < -0.3 is 24.3 Å². The van der Waals surface area contributed by atoms with E-state index in [0.717, 1.165) is 35.8 Å². The van der Waals surface area contributed by atoms with E-state index in [4.69, 9.17) is 9.47 Å². The van der Waals surface area contributed by atoms with Crippen LogP contribution in [0.3, 0.4) is 0 Å². The van der Waals surface area contributed by atoms with Crippen molar-refractivity contribution in [1.29, 1.82) is 0 Å². The maximum atomic E-state index is 10.9. The van der Waals surface area contributed by atoms with Crippen LogP contribution < -0.4 is 49.0 Å². The number of benzene rings is 3. The predicted octanol–water partition coefficient (Wildman–Crippen LogP) is 0.466. The molecule has 1 aliphatic heterocycles. The van der Waals surface area contributed by atoms with Crippen molar-refractivity contribution >= 4 is 11.7 Å². The van der Waals surface area contributed by atoms with E-state index >= 15 is 0 Å². The van der Waals surface area contributed by atoms with Crippen LogP contribution >= 0.6 is 0 Å². The van der Waals surface area contributed by atoms with Crippen molar-refractivity contribution < 1.29 is 48.9 Å². The Morgan fingerprint density at radius 2 is 1.72 bits per heavy atom. The van der Waals surface area contributed by atoms with Gasteiger partial charge in [0.25, 0.3) is 0 Å². The van der Waals surface area contributed by atoms with Gasteiger partial charge in [0, 0.05) is 12.5 Å². The first-order valence-corrected chi connectivity index (χ1v) is 10.6. The Kier molecular flexibility index (Phi) is 8.62. The Hall–Kier alpha value is -2.47. The second-order valence-electron chi connectivity index (χ2n) is 7.95. The van der Waals surface area contributed by atoms with Crippen molar-refractivity contribution in [3.8, 4) is 11.5 Å². The van der Waals surface area contributed by atoms with Gasteiger partial charge in [-0.05, 0) is 47.7 Å². The van der Waals surface area contributed by atoms with Crippen LogP contribution in [-0.2, 0) is 17.8 Å². The summed E-state index contributed by atoms with van der Waals surface area (Å²) in [7, 11) is 0. The van der Waals surface area contributed by atoms with Crippen LogP contribution in [0.2, 0.25) is 0 Å². The van der Waals surface area contributed by atoms with E-state index < -0.39 is 11.9 Å². The minimum absolute atomic E-state index is 0. The Morgan fingerprint density at radius 3 is 2.44 bits per heavy atom. The fraction of sp³-hybridized carbons (Fsp3) is 0.269. The van der Waals surface area contributed by atoms with Crippen LogP contribution in [-0.4, -0.2) is 25.2 Å². The molecule has 32 heavy (non-hydrogen) atoms. The first-order valence-electron chi connectivity index (χ1n) is 10.6. The van der Waals surface area contributed by atoms with E-state index in [0.29, 0.717) is 13.0 Å². The van der Waals surface area contributed by atoms with Crippen molar-refractivity contribution in [2.45, 2.75) is 26.0 Å². The summed E-state index contributed by atoms with van der Waals surface area (Å²) < 4.78 is 12.2. The Labute approximate surface area is 211 Å². The molecule has 0 aliphatic carbocycles. The number of fused-ring (bicyclic) bond motifs is 1. The number of ether oxygens (including phenoxy) is 2. The van der Waals surface area contributed by atoms with E-state index in [2.05, 4.69) is 35.2 Å². The topological polar surface area (TPSA) is 61.8 Å². The molecule has 0 N–H and O–H groups in total. The fourth-order valence-corrected chi connectivity index (χ4v) is 3.77. The van der Waals surface area contributed by atoms with Gasteiger partial charge in [-0.25, -0.2) is 0 Å². The molecular weight excluding hydrogens is 413 g/mol. The summed E-state index contributed by atoms with van der Waals surface area (Å²) in [6, 6.07) is 26.0. The SMILES string of the molecule is CC(Cc1ccc(OCC2CN(Cc3ccccc3)c3ccccc3O2)cc1)C(=O)[O-].[Na+]. The zero-order chi connectivity index (χ0) is 21.6. The molecule has 1 aliphatic rings. The van der Waals surface area contributed by atoms with Crippen molar-refractivity contribution in [2.24, 2.45) is 5.92 Å². The molecule has 5 nitrogen and oxygen atoms in total. The van der Waals surface area contributed by atoms with Gasteiger partial charge in [-0.2, -0.15) is 0 Å². The van der Waals surface area contributed by atoms with Crippen molar-refractivity contribution in [3.63, 3.8) is 0 Å². The Bertz CT molecular complexity index is 1010. The summed E-state index contributed by atoms with van der Waals surface area (Å²) in [5.41, 5.74) is 3.29. The Morgan fingerprint density at radius 1 is 1.03 bits per heavy atom. The van der Waals surface area contributed by atoms with Gasteiger partial charge in [0.2, 0.25) is 0 Å². The van der Waals surface area contributed by atoms with Crippen molar-refractivity contribution in [1.82, 2.24) is 0 Å². The van der Waals surface area contributed by atoms with Crippen LogP contribution in [0.1, 0.15) is 18.1 Å². The molecule has 0 radical (unpaired) electrons. The molecule has 0 saturated heterocycles. The third-order valence-corrected chi connectivity index (χ3v) is 5.44. The number of carbonyl (C=O) groups is 1. The van der Waals surface area contributed by atoms with Crippen molar-refractivity contribution in [2.75, 3.05) is 18.1 Å². The van der Waals surface area contributed by atoms with Gasteiger partial charge in [0.15, 0.2) is 6.10 Å². The van der Waals surface area contributed by atoms with E-state index in [1.807, 2.05) is 48.5 Å². The molecule has 0 saturated carbocycles. The van der Waals surface area contributed by atoms with E-state index in [-0.39, 0.29) is 35.7 Å². The number of carbonyl (C=O) groups excluding carboxylic acids is 1. The molecule has 1 heterocycles. The predicted molar refractivity (Wildman–Crippen MR) is 118 cm³/mol.